The van der Waals surface area contributed by atoms with Gasteiger partial charge in [0.1, 0.15) is 23.0 Å². The fourth-order valence-electron chi connectivity index (χ4n) is 6.64. The molecular formula is C48H40N2O6S2. The highest BCUT2D eigenvalue weighted by Gasteiger charge is 2.31. The van der Waals surface area contributed by atoms with Gasteiger partial charge in [-0.3, -0.25) is 29.8 Å². The lowest BCUT2D eigenvalue weighted by Crippen LogP contribution is -2.25. The number of aryl methyl sites for hydroxylation is 4. The predicted molar refractivity (Wildman–Crippen MR) is 233 cm³/mol. The average molecular weight is 805 g/mol. The van der Waals surface area contributed by atoms with Crippen LogP contribution in [0.25, 0.3) is 28.3 Å². The van der Waals surface area contributed by atoms with Crippen LogP contribution in [0.4, 0.5) is 9.59 Å². The first-order valence-electron chi connectivity index (χ1n) is 18.6. The van der Waals surface area contributed by atoms with Crippen LogP contribution >= 0.6 is 23.5 Å². The minimum atomic E-state index is -0.358. The molecule has 2 heterocycles. The summed E-state index contributed by atoms with van der Waals surface area (Å²) in [5.74, 6) is 2.37. The highest BCUT2D eigenvalue weighted by Crippen LogP contribution is 2.33. The van der Waals surface area contributed by atoms with Crippen LogP contribution < -0.4 is 20.1 Å². The van der Waals surface area contributed by atoms with E-state index in [-0.39, 0.29) is 27.5 Å². The summed E-state index contributed by atoms with van der Waals surface area (Å²) in [4.78, 5) is 46.3. The van der Waals surface area contributed by atoms with Gasteiger partial charge in [0.05, 0.1) is 10.2 Å². The molecule has 0 aliphatic carbocycles. The van der Waals surface area contributed by atoms with Crippen molar-refractivity contribution in [1.29, 1.82) is 0 Å². The zero-order valence-corrected chi connectivity index (χ0v) is 34.0. The number of carbonyl (C=O) groups is 4. The number of hydrogen-bond acceptors (Lipinski definition) is 8. The number of amides is 4. The van der Waals surface area contributed by atoms with Crippen molar-refractivity contribution >= 4 is 51.9 Å². The maximum absolute atomic E-state index is 11.7. The molecule has 2 aliphatic heterocycles. The maximum Gasteiger partial charge on any atom is 0.290 e. The number of rotatable bonds is 9. The molecule has 0 aromatic heterocycles. The first kappa shape index (κ1) is 39.9. The summed E-state index contributed by atoms with van der Waals surface area (Å²) in [5, 5.41) is 3.59. The summed E-state index contributed by atoms with van der Waals surface area (Å²) >= 11 is 1.95. The number of benzene rings is 6. The first-order chi connectivity index (χ1) is 27.9. The monoisotopic (exact) mass is 804 g/mol. The minimum Gasteiger partial charge on any atom is -0.457 e. The van der Waals surface area contributed by atoms with Crippen LogP contribution in [0.1, 0.15) is 33.4 Å². The van der Waals surface area contributed by atoms with E-state index in [4.69, 9.17) is 9.47 Å². The molecule has 0 saturated carbocycles. The minimum absolute atomic E-state index is 0.219. The van der Waals surface area contributed by atoms with Crippen molar-refractivity contribution in [1.82, 2.24) is 10.6 Å². The predicted octanol–water partition coefficient (Wildman–Crippen LogP) is 11.7. The van der Waals surface area contributed by atoms with Gasteiger partial charge >= 0.3 is 0 Å². The average Bonchev–Trinajstić information content (AvgIpc) is 3.69. The second kappa shape index (κ2) is 17.8. The van der Waals surface area contributed by atoms with Crippen molar-refractivity contribution < 1.29 is 28.7 Å². The largest absolute Gasteiger partial charge is 0.457 e. The van der Waals surface area contributed by atoms with Crippen molar-refractivity contribution in [2.75, 3.05) is 0 Å². The molecular weight excluding hydrogens is 765 g/mol. The van der Waals surface area contributed by atoms with Crippen molar-refractivity contribution in [2.45, 2.75) is 39.4 Å². The van der Waals surface area contributed by atoms with Gasteiger partial charge in [-0.25, -0.2) is 0 Å². The Hall–Kier alpha value is -6.36. The second-order valence-corrected chi connectivity index (χ2v) is 16.2. The van der Waals surface area contributed by atoms with Crippen molar-refractivity contribution in [3.05, 3.63) is 172 Å². The van der Waals surface area contributed by atoms with Gasteiger partial charge in [-0.2, -0.15) is 0 Å². The molecule has 1 atom stereocenters. The normalized spacial score (nSPS) is 15.4. The van der Waals surface area contributed by atoms with E-state index in [2.05, 4.69) is 86.9 Å². The maximum atomic E-state index is 11.7. The van der Waals surface area contributed by atoms with Crippen LogP contribution in [0.15, 0.2) is 138 Å². The Labute approximate surface area is 346 Å². The molecule has 58 heavy (non-hydrogen) atoms. The van der Waals surface area contributed by atoms with Crippen LogP contribution in [-0.2, 0) is 16.0 Å². The lowest BCUT2D eigenvalue weighted by molar-refractivity contribution is -0.119. The van der Waals surface area contributed by atoms with E-state index in [0.29, 0.717) is 17.1 Å². The smallest absolute Gasteiger partial charge is 0.290 e. The Kier molecular flexibility index (Phi) is 12.3. The Bertz CT molecular complexity index is 2570. The van der Waals surface area contributed by atoms with E-state index in [1.807, 2.05) is 84.9 Å². The Morgan fingerprint density at radius 1 is 0.569 bits per heavy atom. The zero-order valence-electron chi connectivity index (χ0n) is 32.3. The Balaban J connectivity index is 0.000000177. The summed E-state index contributed by atoms with van der Waals surface area (Å²) in [6.07, 6.45) is 2.21. The topological polar surface area (TPSA) is 111 Å². The molecule has 2 saturated heterocycles. The summed E-state index contributed by atoms with van der Waals surface area (Å²) in [5.41, 5.74) is 11.4. The highest BCUT2D eigenvalue weighted by atomic mass is 32.2. The van der Waals surface area contributed by atoms with E-state index in [1.165, 1.54) is 33.4 Å². The van der Waals surface area contributed by atoms with E-state index in [9.17, 15) is 19.2 Å². The van der Waals surface area contributed by atoms with E-state index in [1.54, 1.807) is 6.08 Å². The summed E-state index contributed by atoms with van der Waals surface area (Å²) in [6.45, 7) is 8.41. The van der Waals surface area contributed by atoms with Crippen LogP contribution in [0.5, 0.6) is 23.0 Å². The summed E-state index contributed by atoms with van der Waals surface area (Å²) in [6, 6.07) is 43.9. The van der Waals surface area contributed by atoms with Crippen LogP contribution in [-0.4, -0.2) is 27.5 Å². The number of nitrogens with one attached hydrogen (secondary N) is 2. The molecule has 0 bridgehead atoms. The molecule has 6 aromatic carbocycles. The molecule has 0 radical (unpaired) electrons. The van der Waals surface area contributed by atoms with Gasteiger partial charge in [0.15, 0.2) is 0 Å². The van der Waals surface area contributed by atoms with E-state index >= 15 is 0 Å². The van der Waals surface area contributed by atoms with Gasteiger partial charge in [-0.15, -0.1) is 0 Å². The van der Waals surface area contributed by atoms with Gasteiger partial charge in [-0.05, 0) is 145 Å². The molecule has 1 unspecified atom stereocenters. The lowest BCUT2D eigenvalue weighted by Gasteiger charge is -2.11. The molecule has 10 heteroatoms. The SMILES string of the molecule is Cc1ccc(-c2cccc(Oc3ccc(/C=C4\SC(=O)NC4=O)cc3)c2)c(C)c1.Cc1ccc(-c2cccc(Oc3ccc(CC4SC(=O)NC4=O)cc3)c2)c(C)c1. The third-order valence-electron chi connectivity index (χ3n) is 9.46. The van der Waals surface area contributed by atoms with Crippen LogP contribution in [0, 0.1) is 27.7 Å². The Morgan fingerprint density at radius 2 is 1.10 bits per heavy atom. The standard InChI is InChI=1S/C24H21NO3S.C24H19NO3S/c2*1-15-6-11-21(16(2)12-15)18-4-3-5-20(14-18)28-19-9-7-17(8-10-19)13-22-23(26)25-24(27)29-22/h3-12,14,22H,13H2,1-2H3,(H,25,26,27);3-14H,1-2H3,(H,25,26,27)/b;22-13-. The third kappa shape index (κ3) is 10.1. The molecule has 0 spiro atoms. The first-order valence-corrected chi connectivity index (χ1v) is 20.3. The zero-order chi connectivity index (χ0) is 40.8. The Morgan fingerprint density at radius 3 is 1.57 bits per heavy atom. The van der Waals surface area contributed by atoms with Crippen molar-refractivity contribution in [3.63, 3.8) is 0 Å². The van der Waals surface area contributed by atoms with E-state index in [0.717, 1.165) is 63.0 Å². The number of imide groups is 2. The van der Waals surface area contributed by atoms with Gasteiger partial charge < -0.3 is 9.47 Å². The third-order valence-corrected chi connectivity index (χ3v) is 11.2. The number of carbonyl (C=O) groups excluding carboxylic acids is 4. The highest BCUT2D eigenvalue weighted by molar-refractivity contribution is 8.18. The molecule has 2 aliphatic rings. The fourth-order valence-corrected chi connectivity index (χ4v) is 8.18. The van der Waals surface area contributed by atoms with Gasteiger partial charge in [0, 0.05) is 0 Å². The van der Waals surface area contributed by atoms with Gasteiger partial charge in [0.25, 0.3) is 16.4 Å². The molecule has 8 nitrogen and oxygen atoms in total. The van der Waals surface area contributed by atoms with Crippen LogP contribution in [0.3, 0.4) is 0 Å². The quantitative estimate of drug-likeness (QED) is 0.139. The van der Waals surface area contributed by atoms with Gasteiger partial charge in [-0.1, -0.05) is 108 Å². The molecule has 2 fully saturated rings. The second-order valence-electron chi connectivity index (χ2n) is 14.0. The number of thioether (sulfide) groups is 2. The fraction of sp³-hybridized carbons (Fsp3) is 0.125. The van der Waals surface area contributed by atoms with Crippen LogP contribution in [0.2, 0.25) is 0 Å². The van der Waals surface area contributed by atoms with E-state index < -0.39 is 0 Å². The van der Waals surface area contributed by atoms with Gasteiger partial charge in [0.2, 0.25) is 5.91 Å². The van der Waals surface area contributed by atoms with Crippen molar-refractivity contribution in [3.8, 4) is 45.3 Å². The molecule has 4 amide bonds. The molecule has 2 N–H and O–H groups in total. The summed E-state index contributed by atoms with van der Waals surface area (Å²) in [7, 11) is 0. The molecule has 6 aromatic rings. The molecule has 8 rings (SSSR count). The van der Waals surface area contributed by atoms with Crippen molar-refractivity contribution in [2.24, 2.45) is 0 Å². The number of hydrogen-bond donors (Lipinski definition) is 2. The lowest BCUT2D eigenvalue weighted by atomic mass is 9.99. The summed E-state index contributed by atoms with van der Waals surface area (Å²) < 4.78 is 12.0. The molecule has 290 valence electrons. The number of ether oxygens (including phenoxy) is 2.